The highest BCUT2D eigenvalue weighted by molar-refractivity contribution is 4.91. The lowest BCUT2D eigenvalue weighted by atomic mass is 10.0. The Balaban J connectivity index is 1.71. The molecule has 0 aromatic carbocycles. The van der Waals surface area contributed by atoms with Gasteiger partial charge < -0.3 is 43.2 Å². The van der Waals surface area contributed by atoms with E-state index in [1.807, 2.05) is 27.7 Å². The van der Waals surface area contributed by atoms with Crippen molar-refractivity contribution in [3.05, 3.63) is 0 Å². The van der Waals surface area contributed by atoms with Crippen LogP contribution in [0.15, 0.2) is 0 Å². The van der Waals surface area contributed by atoms with Gasteiger partial charge in [0.1, 0.15) is 24.4 Å². The Morgan fingerprint density at radius 3 is 1.45 bits per heavy atom. The van der Waals surface area contributed by atoms with Crippen molar-refractivity contribution >= 4 is 0 Å². The van der Waals surface area contributed by atoms with Crippen molar-refractivity contribution in [1.82, 2.24) is 5.32 Å². The van der Waals surface area contributed by atoms with Crippen LogP contribution in [-0.2, 0) is 37.9 Å². The molecule has 3 aliphatic rings. The van der Waals surface area contributed by atoms with Crippen LogP contribution in [0.3, 0.4) is 0 Å². The van der Waals surface area contributed by atoms with Crippen molar-refractivity contribution in [1.29, 1.82) is 0 Å². The van der Waals surface area contributed by atoms with Crippen LogP contribution in [0.4, 0.5) is 0 Å². The van der Waals surface area contributed by atoms with Gasteiger partial charge in [-0.25, -0.2) is 0 Å². The second-order valence-corrected chi connectivity index (χ2v) is 8.38. The fourth-order valence-electron chi connectivity index (χ4n) is 3.69. The number of nitrogens with one attached hydrogen (secondary N) is 1. The minimum absolute atomic E-state index is 0.277. The van der Waals surface area contributed by atoms with E-state index >= 15 is 0 Å². The molecule has 0 aliphatic carbocycles. The third kappa shape index (κ3) is 7.37. The van der Waals surface area contributed by atoms with Crippen LogP contribution in [0.2, 0.25) is 0 Å². The summed E-state index contributed by atoms with van der Waals surface area (Å²) in [6, 6.07) is 0. The topological polar surface area (TPSA) is 85.9 Å². The Hall–Kier alpha value is -0.360. The molecule has 0 aromatic heterocycles. The molecule has 4 atom stereocenters. The second-order valence-electron chi connectivity index (χ2n) is 8.38. The molecule has 0 unspecified atom stereocenters. The minimum Gasteiger partial charge on any atom is -0.378 e. The van der Waals surface area contributed by atoms with Gasteiger partial charge in [0.25, 0.3) is 0 Å². The van der Waals surface area contributed by atoms with Crippen molar-refractivity contribution in [2.75, 3.05) is 65.9 Å². The van der Waals surface area contributed by atoms with Crippen molar-refractivity contribution in [2.45, 2.75) is 63.7 Å². The molecule has 0 saturated carbocycles. The quantitative estimate of drug-likeness (QED) is 0.695. The zero-order valence-electron chi connectivity index (χ0n) is 18.1. The smallest absolute Gasteiger partial charge is 0.163 e. The van der Waals surface area contributed by atoms with E-state index in [-0.39, 0.29) is 24.4 Å². The molecule has 0 amide bonds. The van der Waals surface area contributed by atoms with Crippen LogP contribution in [0.1, 0.15) is 27.7 Å². The summed E-state index contributed by atoms with van der Waals surface area (Å²) in [7, 11) is 0. The standard InChI is InChI=1S/C20H37NO8/c1-19(2)26-13-15(28-19)17-18(16-14-27-20(3,4)29-16)25-12-10-23-8-6-21-5-7-22-9-11-24-17/h15-18,21H,5-14H2,1-4H3/t15-,16-,17-,18-/m1/s1. The summed E-state index contributed by atoms with van der Waals surface area (Å²) in [5, 5.41) is 3.28. The molecule has 3 aliphatic heterocycles. The number of ether oxygens (including phenoxy) is 8. The number of hydrogen-bond acceptors (Lipinski definition) is 9. The van der Waals surface area contributed by atoms with Gasteiger partial charge in [0.05, 0.1) is 52.9 Å². The van der Waals surface area contributed by atoms with Gasteiger partial charge in [0.15, 0.2) is 11.6 Å². The van der Waals surface area contributed by atoms with Crippen molar-refractivity contribution in [3.8, 4) is 0 Å². The zero-order valence-corrected chi connectivity index (χ0v) is 18.1. The maximum atomic E-state index is 6.24. The van der Waals surface area contributed by atoms with E-state index in [1.165, 1.54) is 0 Å². The lowest BCUT2D eigenvalue weighted by molar-refractivity contribution is -0.207. The Kier molecular flexibility index (Phi) is 8.67. The van der Waals surface area contributed by atoms with Crippen LogP contribution in [-0.4, -0.2) is 102 Å². The van der Waals surface area contributed by atoms with E-state index < -0.39 is 11.6 Å². The molecular formula is C20H37NO8. The van der Waals surface area contributed by atoms with E-state index in [0.29, 0.717) is 52.9 Å². The fraction of sp³-hybridized carbons (Fsp3) is 1.00. The Morgan fingerprint density at radius 1 is 0.621 bits per heavy atom. The van der Waals surface area contributed by atoms with Crippen LogP contribution in [0, 0.1) is 0 Å². The Bertz CT molecular complexity index is 447. The molecule has 29 heavy (non-hydrogen) atoms. The first-order valence-corrected chi connectivity index (χ1v) is 10.6. The maximum Gasteiger partial charge on any atom is 0.163 e. The number of rotatable bonds is 2. The monoisotopic (exact) mass is 419 g/mol. The van der Waals surface area contributed by atoms with E-state index in [2.05, 4.69) is 5.32 Å². The normalized spacial score (nSPS) is 37.7. The molecule has 3 rings (SSSR count). The SMILES string of the molecule is CC1(C)OC[C@H]([C@H]2OCCOCCNCCOCCO[C@@H]2[C@H]2COC(C)(C)O2)O1. The Labute approximate surface area is 173 Å². The minimum atomic E-state index is -0.660. The Morgan fingerprint density at radius 2 is 1.07 bits per heavy atom. The highest BCUT2D eigenvalue weighted by atomic mass is 16.8. The molecule has 3 fully saturated rings. The van der Waals surface area contributed by atoms with E-state index in [4.69, 9.17) is 37.9 Å². The predicted octanol–water partition coefficient (Wildman–Crippen LogP) is 0.696. The van der Waals surface area contributed by atoms with E-state index in [1.54, 1.807) is 0 Å². The molecule has 3 heterocycles. The van der Waals surface area contributed by atoms with Gasteiger partial charge in [-0.3, -0.25) is 0 Å². The molecule has 1 N–H and O–H groups in total. The second kappa shape index (κ2) is 10.8. The van der Waals surface area contributed by atoms with E-state index in [0.717, 1.165) is 13.1 Å². The van der Waals surface area contributed by atoms with Gasteiger partial charge in [-0.2, -0.15) is 0 Å². The van der Waals surface area contributed by atoms with E-state index in [9.17, 15) is 0 Å². The molecule has 0 bridgehead atoms. The average molecular weight is 420 g/mol. The summed E-state index contributed by atoms with van der Waals surface area (Å²) in [6.45, 7) is 13.1. The highest BCUT2D eigenvalue weighted by Crippen LogP contribution is 2.32. The first-order chi connectivity index (χ1) is 13.9. The zero-order chi connectivity index (χ0) is 20.7. The predicted molar refractivity (Wildman–Crippen MR) is 104 cm³/mol. The van der Waals surface area contributed by atoms with Crippen LogP contribution in [0.5, 0.6) is 0 Å². The van der Waals surface area contributed by atoms with Gasteiger partial charge >= 0.3 is 0 Å². The van der Waals surface area contributed by atoms with Crippen molar-refractivity contribution in [3.63, 3.8) is 0 Å². The average Bonchev–Trinajstić information content (AvgIpc) is 3.19. The molecular weight excluding hydrogens is 382 g/mol. The molecule has 9 heteroatoms. The van der Waals surface area contributed by atoms with Crippen molar-refractivity contribution in [2.24, 2.45) is 0 Å². The van der Waals surface area contributed by atoms with Crippen LogP contribution in [0.25, 0.3) is 0 Å². The molecule has 9 nitrogen and oxygen atoms in total. The van der Waals surface area contributed by atoms with Gasteiger partial charge in [0, 0.05) is 13.1 Å². The van der Waals surface area contributed by atoms with Gasteiger partial charge in [-0.1, -0.05) is 0 Å². The third-order valence-corrected chi connectivity index (χ3v) is 5.04. The van der Waals surface area contributed by atoms with Crippen LogP contribution < -0.4 is 5.32 Å². The summed E-state index contributed by atoms with van der Waals surface area (Å²) in [4.78, 5) is 0. The third-order valence-electron chi connectivity index (χ3n) is 5.04. The summed E-state index contributed by atoms with van der Waals surface area (Å²) in [5.74, 6) is -1.32. The molecule has 0 spiro atoms. The van der Waals surface area contributed by atoms with Gasteiger partial charge in [-0.05, 0) is 27.7 Å². The van der Waals surface area contributed by atoms with Crippen molar-refractivity contribution < 1.29 is 37.9 Å². The molecule has 0 aromatic rings. The highest BCUT2D eigenvalue weighted by Gasteiger charge is 2.47. The summed E-state index contributed by atoms with van der Waals surface area (Å²) in [6.07, 6.45) is -1.32. The van der Waals surface area contributed by atoms with Crippen LogP contribution >= 0.6 is 0 Å². The summed E-state index contributed by atoms with van der Waals surface area (Å²) >= 11 is 0. The lowest BCUT2D eigenvalue weighted by Gasteiger charge is -2.34. The summed E-state index contributed by atoms with van der Waals surface area (Å²) in [5.41, 5.74) is 0. The van der Waals surface area contributed by atoms with Gasteiger partial charge in [0.2, 0.25) is 0 Å². The molecule has 170 valence electrons. The summed E-state index contributed by atoms with van der Waals surface area (Å²) < 4.78 is 47.6. The first-order valence-electron chi connectivity index (χ1n) is 10.6. The number of hydrogen-bond donors (Lipinski definition) is 1. The molecule has 0 radical (unpaired) electrons. The maximum absolute atomic E-state index is 6.24. The molecule has 3 saturated heterocycles. The largest absolute Gasteiger partial charge is 0.378 e. The lowest BCUT2D eigenvalue weighted by Crippen LogP contribution is -2.51. The van der Waals surface area contributed by atoms with Gasteiger partial charge in [-0.15, -0.1) is 0 Å². The fourth-order valence-corrected chi connectivity index (χ4v) is 3.69. The first kappa shape index (κ1) is 23.3.